The normalized spacial score (nSPS) is 17.9. The SMILES string of the molecule is CCOC(=O)CCC(S)c1nnnn1C1CCCCC1. The summed E-state index contributed by atoms with van der Waals surface area (Å²) in [5.41, 5.74) is 0. The fraction of sp³-hybridized carbons (Fsp3) is 0.846. The van der Waals surface area contributed by atoms with Gasteiger partial charge in [-0.3, -0.25) is 4.79 Å². The molecule has 0 radical (unpaired) electrons. The first-order valence-corrected chi connectivity index (χ1v) is 7.85. The predicted molar refractivity (Wildman–Crippen MR) is 77.5 cm³/mol. The number of hydrogen-bond acceptors (Lipinski definition) is 6. The molecule has 1 aliphatic rings. The van der Waals surface area contributed by atoms with E-state index in [1.54, 1.807) is 6.92 Å². The molecule has 1 aromatic rings. The summed E-state index contributed by atoms with van der Waals surface area (Å²) in [5, 5.41) is 11.9. The zero-order valence-electron chi connectivity index (χ0n) is 11.9. The number of aromatic nitrogens is 4. The van der Waals surface area contributed by atoms with E-state index in [2.05, 4.69) is 28.2 Å². The topological polar surface area (TPSA) is 69.9 Å². The summed E-state index contributed by atoms with van der Waals surface area (Å²) in [6, 6.07) is 0.381. The monoisotopic (exact) mass is 298 g/mol. The van der Waals surface area contributed by atoms with Crippen LogP contribution in [0, 0.1) is 0 Å². The van der Waals surface area contributed by atoms with Gasteiger partial charge in [0, 0.05) is 6.42 Å². The van der Waals surface area contributed by atoms with Gasteiger partial charge in [-0.1, -0.05) is 19.3 Å². The molecule has 0 amide bonds. The Balaban J connectivity index is 1.94. The number of esters is 1. The number of tetrazole rings is 1. The maximum absolute atomic E-state index is 11.4. The predicted octanol–water partition coefficient (Wildman–Crippen LogP) is 2.49. The zero-order valence-corrected chi connectivity index (χ0v) is 12.8. The van der Waals surface area contributed by atoms with Crippen molar-refractivity contribution in [2.75, 3.05) is 6.61 Å². The molecule has 0 aliphatic heterocycles. The molecule has 1 aliphatic carbocycles. The summed E-state index contributed by atoms with van der Waals surface area (Å²) in [7, 11) is 0. The van der Waals surface area contributed by atoms with Crippen LogP contribution in [0.25, 0.3) is 0 Å². The molecular formula is C13H22N4O2S. The zero-order chi connectivity index (χ0) is 14.4. The Bertz CT molecular complexity index is 432. The lowest BCUT2D eigenvalue weighted by Crippen LogP contribution is -2.18. The number of rotatable bonds is 6. The van der Waals surface area contributed by atoms with Crippen molar-refractivity contribution in [3.8, 4) is 0 Å². The highest BCUT2D eigenvalue weighted by Gasteiger charge is 2.23. The van der Waals surface area contributed by atoms with Crippen molar-refractivity contribution in [3.63, 3.8) is 0 Å². The van der Waals surface area contributed by atoms with Crippen LogP contribution in [0.15, 0.2) is 0 Å². The molecular weight excluding hydrogens is 276 g/mol. The molecule has 0 saturated heterocycles. The van der Waals surface area contributed by atoms with Gasteiger partial charge in [-0.2, -0.15) is 12.6 Å². The fourth-order valence-corrected chi connectivity index (χ4v) is 2.92. The molecule has 0 spiro atoms. The number of carbonyl (C=O) groups excluding carboxylic acids is 1. The highest BCUT2D eigenvalue weighted by Crippen LogP contribution is 2.31. The van der Waals surface area contributed by atoms with Crippen LogP contribution in [0.1, 0.15) is 69.0 Å². The quantitative estimate of drug-likeness (QED) is 0.645. The van der Waals surface area contributed by atoms with Gasteiger partial charge in [0.05, 0.1) is 17.9 Å². The Morgan fingerprint density at radius 3 is 2.90 bits per heavy atom. The second-order valence-corrected chi connectivity index (χ2v) is 5.76. The molecule has 1 aromatic heterocycles. The number of thiol groups is 1. The van der Waals surface area contributed by atoms with E-state index in [-0.39, 0.29) is 11.2 Å². The van der Waals surface area contributed by atoms with Crippen LogP contribution in [0.5, 0.6) is 0 Å². The molecule has 6 nitrogen and oxygen atoms in total. The van der Waals surface area contributed by atoms with Crippen LogP contribution in [0.4, 0.5) is 0 Å². The van der Waals surface area contributed by atoms with E-state index >= 15 is 0 Å². The molecule has 1 unspecified atom stereocenters. The third kappa shape index (κ3) is 3.94. The molecule has 1 atom stereocenters. The Morgan fingerprint density at radius 1 is 1.45 bits per heavy atom. The average molecular weight is 298 g/mol. The number of hydrogen-bond donors (Lipinski definition) is 1. The minimum atomic E-state index is -0.191. The van der Waals surface area contributed by atoms with Crippen LogP contribution < -0.4 is 0 Å². The van der Waals surface area contributed by atoms with E-state index in [0.717, 1.165) is 18.7 Å². The van der Waals surface area contributed by atoms with Crippen molar-refractivity contribution in [2.24, 2.45) is 0 Å². The van der Waals surface area contributed by atoms with Gasteiger partial charge in [0.2, 0.25) is 0 Å². The van der Waals surface area contributed by atoms with Gasteiger partial charge >= 0.3 is 5.97 Å². The molecule has 1 heterocycles. The van der Waals surface area contributed by atoms with Crippen LogP contribution in [0.3, 0.4) is 0 Å². The summed E-state index contributed by atoms with van der Waals surface area (Å²) < 4.78 is 6.83. The van der Waals surface area contributed by atoms with Gasteiger partial charge in [-0.25, -0.2) is 4.68 Å². The molecule has 0 bridgehead atoms. The van der Waals surface area contributed by atoms with Crippen LogP contribution in [0.2, 0.25) is 0 Å². The van der Waals surface area contributed by atoms with Crippen molar-refractivity contribution < 1.29 is 9.53 Å². The summed E-state index contributed by atoms with van der Waals surface area (Å²) in [5.74, 6) is 0.577. The van der Waals surface area contributed by atoms with Crippen molar-refractivity contribution in [1.29, 1.82) is 0 Å². The first-order valence-electron chi connectivity index (χ1n) is 7.33. The first kappa shape index (κ1) is 15.3. The van der Waals surface area contributed by atoms with Crippen molar-refractivity contribution in [1.82, 2.24) is 20.2 Å². The van der Waals surface area contributed by atoms with E-state index in [4.69, 9.17) is 4.74 Å². The third-order valence-corrected chi connectivity index (χ3v) is 4.15. The van der Waals surface area contributed by atoms with Gasteiger partial charge < -0.3 is 4.74 Å². The minimum Gasteiger partial charge on any atom is -0.466 e. The first-order chi connectivity index (χ1) is 9.72. The second-order valence-electron chi connectivity index (χ2n) is 5.13. The summed E-state index contributed by atoms with van der Waals surface area (Å²) >= 11 is 4.55. The van der Waals surface area contributed by atoms with E-state index < -0.39 is 0 Å². The second kappa shape index (κ2) is 7.61. The van der Waals surface area contributed by atoms with Gasteiger partial charge in [0.15, 0.2) is 5.82 Å². The number of ether oxygens (including phenoxy) is 1. The van der Waals surface area contributed by atoms with Gasteiger partial charge in [0.1, 0.15) is 0 Å². The summed E-state index contributed by atoms with van der Waals surface area (Å²) in [6.07, 6.45) is 6.93. The average Bonchev–Trinajstić information content (AvgIpc) is 2.95. The van der Waals surface area contributed by atoms with Crippen molar-refractivity contribution >= 4 is 18.6 Å². The van der Waals surface area contributed by atoms with Crippen molar-refractivity contribution in [2.45, 2.75) is 63.2 Å². The van der Waals surface area contributed by atoms with Crippen LogP contribution in [-0.2, 0) is 9.53 Å². The lowest BCUT2D eigenvalue weighted by molar-refractivity contribution is -0.143. The largest absolute Gasteiger partial charge is 0.466 e. The highest BCUT2D eigenvalue weighted by atomic mass is 32.1. The van der Waals surface area contributed by atoms with Crippen molar-refractivity contribution in [3.05, 3.63) is 5.82 Å². The Labute approximate surface area is 124 Å². The lowest BCUT2D eigenvalue weighted by atomic mass is 9.95. The molecule has 7 heteroatoms. The van der Waals surface area contributed by atoms with E-state index in [0.29, 0.717) is 25.5 Å². The number of carbonyl (C=O) groups is 1. The smallest absolute Gasteiger partial charge is 0.305 e. The summed E-state index contributed by atoms with van der Waals surface area (Å²) in [6.45, 7) is 2.22. The Morgan fingerprint density at radius 2 is 2.20 bits per heavy atom. The molecule has 112 valence electrons. The lowest BCUT2D eigenvalue weighted by Gasteiger charge is -2.23. The van der Waals surface area contributed by atoms with Gasteiger partial charge in [-0.15, -0.1) is 5.10 Å². The maximum atomic E-state index is 11.4. The fourth-order valence-electron chi connectivity index (χ4n) is 2.62. The van der Waals surface area contributed by atoms with E-state index in [1.165, 1.54) is 19.3 Å². The standard InChI is InChI=1S/C13H22N4O2S/c1-2-19-12(18)9-8-11(20)13-14-15-16-17(13)10-6-4-3-5-7-10/h10-11,20H,2-9H2,1H3. The minimum absolute atomic E-state index is 0.128. The van der Waals surface area contributed by atoms with Gasteiger partial charge in [0.25, 0.3) is 0 Å². The number of nitrogens with zero attached hydrogens (tertiary/aromatic N) is 4. The molecule has 1 fully saturated rings. The molecule has 0 N–H and O–H groups in total. The van der Waals surface area contributed by atoms with Crippen LogP contribution in [-0.4, -0.2) is 32.8 Å². The van der Waals surface area contributed by atoms with E-state index in [1.807, 2.05) is 4.68 Å². The summed E-state index contributed by atoms with van der Waals surface area (Å²) in [4.78, 5) is 11.4. The van der Waals surface area contributed by atoms with Gasteiger partial charge in [-0.05, 0) is 36.6 Å². The Hall–Kier alpha value is -1.11. The Kier molecular flexibility index (Phi) is 5.82. The third-order valence-electron chi connectivity index (χ3n) is 3.66. The highest BCUT2D eigenvalue weighted by molar-refractivity contribution is 7.80. The molecule has 1 saturated carbocycles. The molecule has 0 aromatic carbocycles. The van der Waals surface area contributed by atoms with Crippen LogP contribution >= 0.6 is 12.6 Å². The molecule has 20 heavy (non-hydrogen) atoms. The molecule has 2 rings (SSSR count). The maximum Gasteiger partial charge on any atom is 0.305 e. The van der Waals surface area contributed by atoms with E-state index in [9.17, 15) is 4.79 Å².